The first-order chi connectivity index (χ1) is 17.0. The molecular formula is C31H38ClNO2. The van der Waals surface area contributed by atoms with Crippen molar-refractivity contribution >= 4 is 17.4 Å². The van der Waals surface area contributed by atoms with E-state index in [2.05, 4.69) is 42.2 Å². The molecule has 3 aliphatic carbocycles. The number of hydrogen-bond acceptors (Lipinski definition) is 3. The molecule has 0 spiro atoms. The van der Waals surface area contributed by atoms with Crippen LogP contribution in [0, 0.1) is 17.3 Å². The van der Waals surface area contributed by atoms with Crippen molar-refractivity contribution in [3.05, 3.63) is 63.7 Å². The molecule has 2 aromatic rings. The predicted molar refractivity (Wildman–Crippen MR) is 141 cm³/mol. The lowest BCUT2D eigenvalue weighted by Crippen LogP contribution is -2.46. The van der Waals surface area contributed by atoms with Gasteiger partial charge in [0.15, 0.2) is 0 Å². The summed E-state index contributed by atoms with van der Waals surface area (Å²) >= 11 is 6.61. The van der Waals surface area contributed by atoms with Crippen LogP contribution in [0.2, 0.25) is 5.02 Å². The van der Waals surface area contributed by atoms with Gasteiger partial charge in [0, 0.05) is 11.8 Å². The molecule has 0 amide bonds. The molecule has 1 heterocycles. The Morgan fingerprint density at radius 2 is 1.83 bits per heavy atom. The lowest BCUT2D eigenvalue weighted by atomic mass is 9.51. The third-order valence-electron chi connectivity index (χ3n) is 10.1. The lowest BCUT2D eigenvalue weighted by molar-refractivity contribution is -0.130. The molecule has 6 rings (SSSR count). The molecule has 0 aromatic heterocycles. The number of hydrogen-bond donors (Lipinski definition) is 1. The number of phenolic OH excluding ortho intramolecular Hbond substituents is 1. The normalized spacial score (nSPS) is 32.3. The molecule has 0 bridgehead atoms. The highest BCUT2D eigenvalue weighted by Gasteiger charge is 2.58. The number of fused-ring (bicyclic) bond motifs is 5. The van der Waals surface area contributed by atoms with Crippen LogP contribution in [-0.4, -0.2) is 35.4 Å². The summed E-state index contributed by atoms with van der Waals surface area (Å²) in [5, 5.41) is 10.8. The molecule has 1 aliphatic heterocycles. The fraction of sp³-hybridized carbons (Fsp3) is 0.581. The third-order valence-corrected chi connectivity index (χ3v) is 10.5. The highest BCUT2D eigenvalue weighted by molar-refractivity contribution is 6.32. The van der Waals surface area contributed by atoms with E-state index in [0.29, 0.717) is 34.5 Å². The number of likely N-dealkylation sites (tertiary alicyclic amines) is 1. The lowest BCUT2D eigenvalue weighted by Gasteiger charge is -2.52. The second-order valence-electron chi connectivity index (χ2n) is 11.9. The van der Waals surface area contributed by atoms with Crippen molar-refractivity contribution in [2.24, 2.45) is 17.3 Å². The van der Waals surface area contributed by atoms with Crippen LogP contribution in [0.3, 0.4) is 0 Å². The van der Waals surface area contributed by atoms with Crippen LogP contribution in [0.25, 0.3) is 0 Å². The van der Waals surface area contributed by atoms with E-state index in [4.69, 9.17) is 11.6 Å². The second-order valence-corrected chi connectivity index (χ2v) is 12.3. The number of halogens is 1. The number of aryl methyl sites for hydroxylation is 1. The number of benzene rings is 2. The van der Waals surface area contributed by atoms with E-state index >= 15 is 0 Å². The fourth-order valence-corrected chi connectivity index (χ4v) is 8.55. The van der Waals surface area contributed by atoms with Crippen LogP contribution < -0.4 is 0 Å². The van der Waals surface area contributed by atoms with Gasteiger partial charge in [-0.1, -0.05) is 48.9 Å². The standard InChI is InChI=1S/C31H38ClNO2/c1-31-19-25(21-8-6-20(7-9-21)5-4-18-33-16-2-3-17-33)29-22-12-14-27(34)30(32)23(22)10-11-24(29)26(31)13-15-28(31)35/h6-9,12,14,24-26,29,34H,2-5,10-11,13,15-19H2,1H3/t24-,25?,26-,29+,31-/m0/s1. The molecule has 186 valence electrons. The summed E-state index contributed by atoms with van der Waals surface area (Å²) < 4.78 is 0. The first kappa shape index (κ1) is 23.6. The molecule has 1 saturated heterocycles. The van der Waals surface area contributed by atoms with Gasteiger partial charge in [0.05, 0.1) is 5.02 Å². The summed E-state index contributed by atoms with van der Waals surface area (Å²) in [6.07, 6.45) is 9.69. The molecule has 2 aromatic carbocycles. The Balaban J connectivity index is 1.30. The van der Waals surface area contributed by atoms with Crippen LogP contribution in [0.5, 0.6) is 5.75 Å². The summed E-state index contributed by atoms with van der Waals surface area (Å²) in [7, 11) is 0. The Hall–Kier alpha value is -1.84. The molecular weight excluding hydrogens is 454 g/mol. The van der Waals surface area contributed by atoms with Gasteiger partial charge in [-0.05, 0) is 123 Å². The Bertz CT molecular complexity index is 1110. The average Bonchev–Trinajstić information content (AvgIpc) is 3.49. The maximum Gasteiger partial charge on any atom is 0.139 e. The van der Waals surface area contributed by atoms with E-state index in [1.165, 1.54) is 55.6 Å². The van der Waals surface area contributed by atoms with Gasteiger partial charge in [-0.25, -0.2) is 0 Å². The molecule has 1 N–H and O–H groups in total. The van der Waals surface area contributed by atoms with Crippen LogP contribution in [0.1, 0.15) is 86.0 Å². The third kappa shape index (κ3) is 4.03. The summed E-state index contributed by atoms with van der Waals surface area (Å²) in [5.74, 6) is 2.29. The number of phenols is 1. The number of rotatable bonds is 5. The summed E-state index contributed by atoms with van der Waals surface area (Å²) in [6.45, 7) is 6.00. The topological polar surface area (TPSA) is 40.5 Å². The SMILES string of the molecule is C[C@]12CC(c3ccc(CCCN4CCCC4)cc3)[C@@H]3c4ccc(O)c(Cl)c4CC[C@H]3[C@@H]1CCC2=O. The maximum absolute atomic E-state index is 13.1. The maximum atomic E-state index is 13.1. The molecule has 2 saturated carbocycles. The minimum absolute atomic E-state index is 0.190. The van der Waals surface area contributed by atoms with Gasteiger partial charge in [0.1, 0.15) is 11.5 Å². The van der Waals surface area contributed by atoms with Crippen molar-refractivity contribution in [3.8, 4) is 5.75 Å². The second kappa shape index (κ2) is 9.23. The van der Waals surface area contributed by atoms with E-state index in [9.17, 15) is 9.90 Å². The smallest absolute Gasteiger partial charge is 0.139 e. The van der Waals surface area contributed by atoms with E-state index in [1.54, 1.807) is 6.07 Å². The molecule has 5 atom stereocenters. The quantitative estimate of drug-likeness (QED) is 0.494. The van der Waals surface area contributed by atoms with E-state index in [1.807, 2.05) is 0 Å². The summed E-state index contributed by atoms with van der Waals surface area (Å²) in [5.41, 5.74) is 5.01. The fourth-order valence-electron chi connectivity index (χ4n) is 8.28. The van der Waals surface area contributed by atoms with Gasteiger partial charge in [0.25, 0.3) is 0 Å². The van der Waals surface area contributed by atoms with Crippen molar-refractivity contribution in [2.45, 2.75) is 76.5 Å². The largest absolute Gasteiger partial charge is 0.506 e. The minimum Gasteiger partial charge on any atom is -0.506 e. The van der Waals surface area contributed by atoms with E-state index in [0.717, 1.165) is 44.1 Å². The molecule has 3 fully saturated rings. The Morgan fingerprint density at radius 3 is 2.60 bits per heavy atom. The molecule has 35 heavy (non-hydrogen) atoms. The molecule has 3 nitrogen and oxygen atoms in total. The zero-order valence-electron chi connectivity index (χ0n) is 20.9. The number of carbonyl (C=O) groups excluding carboxylic acids is 1. The van der Waals surface area contributed by atoms with Crippen LogP contribution >= 0.6 is 11.6 Å². The first-order valence-electron chi connectivity index (χ1n) is 13.8. The molecule has 1 unspecified atom stereocenters. The molecule has 4 aliphatic rings. The highest BCUT2D eigenvalue weighted by Crippen LogP contribution is 2.64. The van der Waals surface area contributed by atoms with Gasteiger partial charge < -0.3 is 10.0 Å². The average molecular weight is 492 g/mol. The van der Waals surface area contributed by atoms with Gasteiger partial charge >= 0.3 is 0 Å². The molecule has 4 heteroatoms. The zero-order chi connectivity index (χ0) is 24.2. The van der Waals surface area contributed by atoms with Crippen molar-refractivity contribution in [1.29, 1.82) is 0 Å². The summed E-state index contributed by atoms with van der Waals surface area (Å²) in [6, 6.07) is 13.2. The van der Waals surface area contributed by atoms with Crippen LogP contribution in [0.4, 0.5) is 0 Å². The van der Waals surface area contributed by atoms with Crippen LogP contribution in [-0.2, 0) is 17.6 Å². The van der Waals surface area contributed by atoms with Crippen molar-refractivity contribution in [3.63, 3.8) is 0 Å². The number of aromatic hydroxyl groups is 1. The van der Waals surface area contributed by atoms with E-state index in [-0.39, 0.29) is 11.2 Å². The summed E-state index contributed by atoms with van der Waals surface area (Å²) in [4.78, 5) is 15.7. The predicted octanol–water partition coefficient (Wildman–Crippen LogP) is 6.89. The van der Waals surface area contributed by atoms with Crippen molar-refractivity contribution in [1.82, 2.24) is 4.90 Å². The number of nitrogens with zero attached hydrogens (tertiary/aromatic N) is 1. The van der Waals surface area contributed by atoms with Gasteiger partial charge in [-0.2, -0.15) is 0 Å². The monoisotopic (exact) mass is 491 g/mol. The van der Waals surface area contributed by atoms with Gasteiger partial charge in [-0.15, -0.1) is 0 Å². The van der Waals surface area contributed by atoms with Gasteiger partial charge in [0.2, 0.25) is 0 Å². The minimum atomic E-state index is -0.210. The van der Waals surface area contributed by atoms with Crippen LogP contribution in [0.15, 0.2) is 36.4 Å². The van der Waals surface area contributed by atoms with E-state index < -0.39 is 0 Å². The zero-order valence-corrected chi connectivity index (χ0v) is 21.7. The Morgan fingerprint density at radius 1 is 1.06 bits per heavy atom. The number of carbonyl (C=O) groups is 1. The highest BCUT2D eigenvalue weighted by atomic mass is 35.5. The first-order valence-corrected chi connectivity index (χ1v) is 14.2. The number of Topliss-reactive ketones (excluding diaryl/α,β-unsaturated/α-hetero) is 1. The van der Waals surface area contributed by atoms with Crippen molar-refractivity contribution in [2.75, 3.05) is 19.6 Å². The number of ketones is 1. The van der Waals surface area contributed by atoms with Gasteiger partial charge in [-0.3, -0.25) is 4.79 Å². The molecule has 0 radical (unpaired) electrons. The Labute approximate surface area is 214 Å². The van der Waals surface area contributed by atoms with Crippen molar-refractivity contribution < 1.29 is 9.90 Å². The Kier molecular flexibility index (Phi) is 6.21.